The summed E-state index contributed by atoms with van der Waals surface area (Å²) in [6.07, 6.45) is 4.76. The molecule has 4 rings (SSSR count). The maximum absolute atomic E-state index is 12.9. The van der Waals surface area contributed by atoms with Crippen molar-refractivity contribution in [1.82, 2.24) is 19.9 Å². The number of ether oxygens (including phenoxy) is 2. The van der Waals surface area contributed by atoms with E-state index in [-0.39, 0.29) is 17.3 Å². The van der Waals surface area contributed by atoms with Gasteiger partial charge in [-0.25, -0.2) is 14.4 Å². The SMILES string of the molecule is Cn1c(-c2ccc(OCCCC3CCNC3)cc2OCCF)nc2cnc(Cl)cc2c1=O. The van der Waals surface area contributed by atoms with Crippen molar-refractivity contribution in [3.8, 4) is 22.9 Å². The van der Waals surface area contributed by atoms with Crippen LogP contribution in [0.15, 0.2) is 35.3 Å². The molecule has 1 fully saturated rings. The van der Waals surface area contributed by atoms with E-state index in [1.54, 1.807) is 19.2 Å². The summed E-state index contributed by atoms with van der Waals surface area (Å²) in [6.45, 7) is 2.03. The Morgan fingerprint density at radius 3 is 2.94 bits per heavy atom. The number of benzene rings is 1. The van der Waals surface area contributed by atoms with Crippen LogP contribution >= 0.6 is 11.6 Å². The molecule has 3 heterocycles. The average molecular weight is 461 g/mol. The second-order valence-corrected chi connectivity index (χ2v) is 8.26. The molecule has 0 bridgehead atoms. The lowest BCUT2D eigenvalue weighted by Gasteiger charge is -2.16. The molecule has 9 heteroatoms. The highest BCUT2D eigenvalue weighted by atomic mass is 35.5. The molecule has 1 aliphatic heterocycles. The van der Waals surface area contributed by atoms with E-state index in [1.165, 1.54) is 23.3 Å². The zero-order valence-electron chi connectivity index (χ0n) is 17.9. The van der Waals surface area contributed by atoms with E-state index in [9.17, 15) is 9.18 Å². The van der Waals surface area contributed by atoms with Gasteiger partial charge >= 0.3 is 0 Å². The topological polar surface area (TPSA) is 78.3 Å². The fourth-order valence-corrected chi connectivity index (χ4v) is 4.12. The number of pyridine rings is 1. The van der Waals surface area contributed by atoms with Gasteiger partial charge in [0.1, 0.15) is 35.8 Å². The van der Waals surface area contributed by atoms with Crippen molar-refractivity contribution in [2.45, 2.75) is 19.3 Å². The number of hydrogen-bond acceptors (Lipinski definition) is 6. The maximum atomic E-state index is 12.9. The van der Waals surface area contributed by atoms with Gasteiger partial charge in [-0.05, 0) is 56.5 Å². The van der Waals surface area contributed by atoms with Gasteiger partial charge in [0.25, 0.3) is 5.56 Å². The Morgan fingerprint density at radius 1 is 1.28 bits per heavy atom. The lowest BCUT2D eigenvalue weighted by molar-refractivity contribution is 0.268. The molecule has 1 saturated heterocycles. The van der Waals surface area contributed by atoms with Crippen molar-refractivity contribution in [1.29, 1.82) is 0 Å². The first-order valence-corrected chi connectivity index (χ1v) is 11.1. The molecule has 7 nitrogen and oxygen atoms in total. The molecule has 1 aromatic carbocycles. The van der Waals surface area contributed by atoms with Crippen molar-refractivity contribution in [2.75, 3.05) is 33.0 Å². The van der Waals surface area contributed by atoms with E-state index in [1.807, 2.05) is 6.07 Å². The fourth-order valence-electron chi connectivity index (χ4n) is 3.96. The number of nitrogens with one attached hydrogen (secondary N) is 1. The molecule has 170 valence electrons. The van der Waals surface area contributed by atoms with E-state index in [0.717, 1.165) is 25.9 Å². The second kappa shape index (κ2) is 10.3. The van der Waals surface area contributed by atoms with Crippen LogP contribution in [0.5, 0.6) is 11.5 Å². The zero-order chi connectivity index (χ0) is 22.5. The molecule has 0 spiro atoms. The summed E-state index contributed by atoms with van der Waals surface area (Å²) in [5, 5.41) is 3.97. The van der Waals surface area contributed by atoms with Crippen LogP contribution in [0.2, 0.25) is 5.15 Å². The molecule has 1 unspecified atom stereocenters. The quantitative estimate of drug-likeness (QED) is 0.387. The van der Waals surface area contributed by atoms with Crippen LogP contribution in [-0.2, 0) is 7.05 Å². The Kier molecular flexibility index (Phi) is 7.22. The normalized spacial score (nSPS) is 15.9. The minimum Gasteiger partial charge on any atom is -0.493 e. The minimum absolute atomic E-state index is 0.107. The Morgan fingerprint density at radius 2 is 2.16 bits per heavy atom. The van der Waals surface area contributed by atoms with Crippen LogP contribution in [0.4, 0.5) is 4.39 Å². The summed E-state index contributed by atoms with van der Waals surface area (Å²) in [7, 11) is 1.62. The zero-order valence-corrected chi connectivity index (χ0v) is 18.7. The molecule has 0 aliphatic carbocycles. The van der Waals surface area contributed by atoms with E-state index < -0.39 is 6.67 Å². The van der Waals surface area contributed by atoms with E-state index in [4.69, 9.17) is 21.1 Å². The monoisotopic (exact) mass is 460 g/mol. The molecule has 32 heavy (non-hydrogen) atoms. The molecule has 0 radical (unpaired) electrons. The predicted molar refractivity (Wildman–Crippen MR) is 122 cm³/mol. The molecule has 2 aromatic heterocycles. The number of nitrogens with zero attached hydrogens (tertiary/aromatic N) is 3. The number of halogens is 2. The van der Waals surface area contributed by atoms with Gasteiger partial charge in [-0.1, -0.05) is 11.6 Å². The summed E-state index contributed by atoms with van der Waals surface area (Å²) in [6, 6.07) is 6.81. The summed E-state index contributed by atoms with van der Waals surface area (Å²) >= 11 is 5.93. The minimum atomic E-state index is -0.632. The second-order valence-electron chi connectivity index (χ2n) is 7.87. The highest BCUT2D eigenvalue weighted by Crippen LogP contribution is 2.33. The standard InChI is InChI=1S/C23H26ClFN4O3/c1-29-22(28-19-14-27-21(24)12-18(19)23(29)30)17-5-4-16(11-20(17)32-10-7-25)31-9-2-3-15-6-8-26-13-15/h4-5,11-12,14-15,26H,2-3,6-10,13H2,1H3. The number of alkyl halides is 1. The molecule has 1 atom stereocenters. The van der Waals surface area contributed by atoms with Crippen molar-refractivity contribution < 1.29 is 13.9 Å². The van der Waals surface area contributed by atoms with E-state index in [0.29, 0.717) is 46.3 Å². The van der Waals surface area contributed by atoms with Crippen molar-refractivity contribution in [2.24, 2.45) is 13.0 Å². The molecular weight excluding hydrogens is 435 g/mol. The van der Waals surface area contributed by atoms with Crippen LogP contribution in [0.25, 0.3) is 22.3 Å². The third-order valence-electron chi connectivity index (χ3n) is 5.65. The van der Waals surface area contributed by atoms with Crippen molar-refractivity contribution >= 4 is 22.5 Å². The van der Waals surface area contributed by atoms with Gasteiger partial charge in [0.05, 0.1) is 29.3 Å². The third kappa shape index (κ3) is 5.02. The largest absolute Gasteiger partial charge is 0.493 e. The smallest absolute Gasteiger partial charge is 0.261 e. The molecule has 1 N–H and O–H groups in total. The van der Waals surface area contributed by atoms with E-state index in [2.05, 4.69) is 15.3 Å². The first-order valence-electron chi connectivity index (χ1n) is 10.8. The van der Waals surface area contributed by atoms with Crippen LogP contribution in [0.1, 0.15) is 19.3 Å². The van der Waals surface area contributed by atoms with Gasteiger partial charge in [-0.15, -0.1) is 0 Å². The lowest BCUT2D eigenvalue weighted by Crippen LogP contribution is -2.20. The summed E-state index contributed by atoms with van der Waals surface area (Å²) < 4.78 is 25.8. The molecule has 0 saturated carbocycles. The highest BCUT2D eigenvalue weighted by molar-refractivity contribution is 6.30. The van der Waals surface area contributed by atoms with Crippen LogP contribution in [0.3, 0.4) is 0 Å². The molecular formula is C23H26ClFN4O3. The average Bonchev–Trinajstić information content (AvgIpc) is 3.32. The number of fused-ring (bicyclic) bond motifs is 1. The fraction of sp³-hybridized carbons (Fsp3) is 0.435. The van der Waals surface area contributed by atoms with Gasteiger partial charge in [0.15, 0.2) is 0 Å². The summed E-state index contributed by atoms with van der Waals surface area (Å²) in [5.41, 5.74) is 0.734. The third-order valence-corrected chi connectivity index (χ3v) is 5.85. The Balaban J connectivity index is 1.59. The first-order chi connectivity index (χ1) is 15.6. The lowest BCUT2D eigenvalue weighted by atomic mass is 10.0. The summed E-state index contributed by atoms with van der Waals surface area (Å²) in [4.78, 5) is 21.5. The van der Waals surface area contributed by atoms with Crippen molar-refractivity contribution in [3.63, 3.8) is 0 Å². The summed E-state index contributed by atoms with van der Waals surface area (Å²) in [5.74, 6) is 2.14. The Labute approximate surface area is 190 Å². The number of aromatic nitrogens is 3. The highest BCUT2D eigenvalue weighted by Gasteiger charge is 2.17. The van der Waals surface area contributed by atoms with Crippen LogP contribution in [-0.4, -0.2) is 47.5 Å². The van der Waals surface area contributed by atoms with E-state index >= 15 is 0 Å². The van der Waals surface area contributed by atoms with Gasteiger partial charge in [-0.2, -0.15) is 0 Å². The van der Waals surface area contributed by atoms with Crippen LogP contribution in [0, 0.1) is 5.92 Å². The molecule has 0 amide bonds. The Hall–Kier alpha value is -2.71. The predicted octanol–water partition coefficient (Wildman–Crippen LogP) is 3.77. The number of rotatable bonds is 9. The first kappa shape index (κ1) is 22.5. The van der Waals surface area contributed by atoms with Gasteiger partial charge in [-0.3, -0.25) is 9.36 Å². The van der Waals surface area contributed by atoms with Gasteiger partial charge in [0.2, 0.25) is 0 Å². The van der Waals surface area contributed by atoms with Gasteiger partial charge in [0, 0.05) is 13.1 Å². The van der Waals surface area contributed by atoms with Gasteiger partial charge < -0.3 is 14.8 Å². The number of hydrogen-bond donors (Lipinski definition) is 1. The van der Waals surface area contributed by atoms with Crippen molar-refractivity contribution in [3.05, 3.63) is 46.0 Å². The Bertz CT molecular complexity index is 1150. The molecule has 3 aromatic rings. The molecule has 1 aliphatic rings. The van der Waals surface area contributed by atoms with Crippen LogP contribution < -0.4 is 20.3 Å². The maximum Gasteiger partial charge on any atom is 0.261 e.